The number of hydrogen-bond donors (Lipinski definition) is 2. The first kappa shape index (κ1) is 21.5. The predicted octanol–water partition coefficient (Wildman–Crippen LogP) is 5.71. The van der Waals surface area contributed by atoms with Gasteiger partial charge >= 0.3 is 9.83 Å². The van der Waals surface area contributed by atoms with E-state index < -0.39 is 9.83 Å². The van der Waals surface area contributed by atoms with Gasteiger partial charge in [0.25, 0.3) is 5.91 Å². The normalized spacial score (nSPS) is 18.8. The van der Waals surface area contributed by atoms with Gasteiger partial charge in [-0.1, -0.05) is 12.1 Å². The number of rotatable bonds is 5. The summed E-state index contributed by atoms with van der Waals surface area (Å²) in [6, 6.07) is 15.1. The van der Waals surface area contributed by atoms with Crippen molar-refractivity contribution in [2.75, 3.05) is 10.6 Å². The van der Waals surface area contributed by atoms with Crippen LogP contribution in [0.15, 0.2) is 67.0 Å². The van der Waals surface area contributed by atoms with Crippen molar-refractivity contribution < 1.29 is 18.7 Å². The molecule has 0 spiro atoms. The predicted molar refractivity (Wildman–Crippen MR) is 118 cm³/mol. The minimum absolute atomic E-state index is 0.0590. The summed E-state index contributed by atoms with van der Waals surface area (Å²) in [4.78, 5) is 16.9. The van der Waals surface area contributed by atoms with Gasteiger partial charge in [0.15, 0.2) is 11.5 Å². The average Bonchev–Trinajstić information content (AvgIpc) is 2.74. The molecule has 1 unspecified atom stereocenters. The van der Waals surface area contributed by atoms with Gasteiger partial charge in [0, 0.05) is 36.4 Å². The highest BCUT2D eigenvalue weighted by atomic mass is 35.5. The van der Waals surface area contributed by atoms with E-state index in [2.05, 4.69) is 15.6 Å². The number of alkyl halides is 4. The molecule has 0 saturated carbocycles. The lowest BCUT2D eigenvalue weighted by molar-refractivity contribution is -0.0802. The Kier molecular flexibility index (Phi) is 5.83. The van der Waals surface area contributed by atoms with Gasteiger partial charge < -0.3 is 20.1 Å². The van der Waals surface area contributed by atoms with Crippen LogP contribution in [0.3, 0.4) is 0 Å². The van der Waals surface area contributed by atoms with Gasteiger partial charge in [-0.05, 0) is 76.8 Å². The molecular weight excluding hydrogens is 468 g/mol. The van der Waals surface area contributed by atoms with Crippen LogP contribution in [-0.2, 0) is 6.54 Å². The van der Waals surface area contributed by atoms with Crippen LogP contribution >= 0.6 is 34.8 Å². The van der Waals surface area contributed by atoms with Crippen LogP contribution in [0.4, 0.5) is 15.8 Å². The van der Waals surface area contributed by atoms with Crippen LogP contribution in [-0.4, -0.2) is 20.7 Å². The minimum Gasteiger partial charge on any atom is -0.447 e. The standard InChI is InChI=1S/C21H15Cl3FN3O3/c22-20(23)21(24,25)31-18-11-14(5-6-17(18)30-20)28-19(29)15-3-1-2-4-16(15)27-12-13-7-9-26-10-8-13/h1-11,27H,12H2,(H,28,29). The fourth-order valence-corrected chi connectivity index (χ4v) is 3.24. The zero-order chi connectivity index (χ0) is 22.1. The Labute approximate surface area is 192 Å². The second kappa shape index (κ2) is 8.42. The first-order valence-corrected chi connectivity index (χ1v) is 10.2. The van der Waals surface area contributed by atoms with Gasteiger partial charge in [0.05, 0.1) is 5.56 Å². The number of fused-ring (bicyclic) bond motifs is 1. The van der Waals surface area contributed by atoms with Gasteiger partial charge in [0.1, 0.15) is 0 Å². The van der Waals surface area contributed by atoms with Gasteiger partial charge in [-0.15, -0.1) is 0 Å². The summed E-state index contributed by atoms with van der Waals surface area (Å²) in [6.07, 6.45) is 3.39. The fourth-order valence-electron chi connectivity index (χ4n) is 2.88. The van der Waals surface area contributed by atoms with Crippen LogP contribution < -0.4 is 20.1 Å². The van der Waals surface area contributed by atoms with Crippen molar-refractivity contribution in [3.05, 3.63) is 78.1 Å². The van der Waals surface area contributed by atoms with Crippen LogP contribution in [0.5, 0.6) is 11.5 Å². The Morgan fingerprint density at radius 2 is 1.74 bits per heavy atom. The van der Waals surface area contributed by atoms with Gasteiger partial charge in [-0.2, -0.15) is 4.39 Å². The molecule has 1 aliphatic heterocycles. The number of ether oxygens (including phenoxy) is 2. The maximum Gasteiger partial charge on any atom is 0.397 e. The number of pyridine rings is 1. The number of para-hydroxylation sites is 1. The summed E-state index contributed by atoms with van der Waals surface area (Å²) in [5.74, 6) is -0.358. The highest BCUT2D eigenvalue weighted by Gasteiger charge is 2.58. The van der Waals surface area contributed by atoms with Crippen molar-refractivity contribution in [3.8, 4) is 11.5 Å². The molecule has 160 valence electrons. The molecule has 0 saturated heterocycles. The highest BCUT2D eigenvalue weighted by Crippen LogP contribution is 2.51. The van der Waals surface area contributed by atoms with Crippen LogP contribution in [0.2, 0.25) is 0 Å². The number of benzene rings is 2. The van der Waals surface area contributed by atoms with Crippen molar-refractivity contribution in [1.82, 2.24) is 4.98 Å². The molecule has 2 N–H and O–H groups in total. The van der Waals surface area contributed by atoms with Crippen LogP contribution in [0.1, 0.15) is 15.9 Å². The Morgan fingerprint density at radius 1 is 1.00 bits per heavy atom. The number of anilines is 2. The number of nitrogens with zero attached hydrogens (tertiary/aromatic N) is 1. The third-order valence-electron chi connectivity index (χ3n) is 4.42. The molecule has 0 aliphatic carbocycles. The Bertz CT molecular complexity index is 1110. The average molecular weight is 483 g/mol. The molecule has 0 bridgehead atoms. The topological polar surface area (TPSA) is 72.5 Å². The quantitative estimate of drug-likeness (QED) is 0.456. The van der Waals surface area contributed by atoms with E-state index in [-0.39, 0.29) is 17.4 Å². The lowest BCUT2D eigenvalue weighted by Crippen LogP contribution is -2.49. The molecule has 10 heteroatoms. The summed E-state index contributed by atoms with van der Waals surface area (Å²) in [5.41, 5.74) is 2.42. The number of amides is 1. The maximum atomic E-state index is 14.3. The van der Waals surface area contributed by atoms with E-state index in [1.807, 2.05) is 18.2 Å². The minimum atomic E-state index is -3.00. The lowest BCUT2D eigenvalue weighted by atomic mass is 10.1. The number of carbonyl (C=O) groups excluding carboxylic acids is 1. The number of hydrogen-bond acceptors (Lipinski definition) is 5. The Balaban J connectivity index is 1.51. The van der Waals surface area contributed by atoms with E-state index in [0.29, 0.717) is 23.5 Å². The first-order chi connectivity index (χ1) is 14.7. The number of aromatic nitrogens is 1. The Hall–Kier alpha value is -2.74. The molecule has 1 amide bonds. The van der Waals surface area contributed by atoms with Crippen LogP contribution in [0, 0.1) is 0 Å². The Morgan fingerprint density at radius 3 is 2.52 bits per heavy atom. The zero-order valence-electron chi connectivity index (χ0n) is 15.7. The van der Waals surface area contributed by atoms with Gasteiger partial charge in [-0.25, -0.2) is 0 Å². The fraction of sp³-hybridized carbons (Fsp3) is 0.143. The van der Waals surface area contributed by atoms with E-state index >= 15 is 0 Å². The zero-order valence-corrected chi connectivity index (χ0v) is 18.0. The molecule has 0 radical (unpaired) electrons. The van der Waals surface area contributed by atoms with Crippen LogP contribution in [0.25, 0.3) is 0 Å². The molecule has 6 nitrogen and oxygen atoms in total. The van der Waals surface area contributed by atoms with Crippen molar-refractivity contribution in [1.29, 1.82) is 0 Å². The first-order valence-electron chi connectivity index (χ1n) is 9.06. The van der Waals surface area contributed by atoms with E-state index in [9.17, 15) is 9.18 Å². The SMILES string of the molecule is O=C(Nc1ccc2c(c1)OC(F)(Cl)C(Cl)(Cl)O2)c1ccccc1NCc1ccncc1. The highest BCUT2D eigenvalue weighted by molar-refractivity contribution is 6.52. The van der Waals surface area contributed by atoms with E-state index in [4.69, 9.17) is 44.3 Å². The van der Waals surface area contributed by atoms with E-state index in [1.165, 1.54) is 18.2 Å². The molecule has 0 fully saturated rings. The lowest BCUT2D eigenvalue weighted by Gasteiger charge is -2.36. The summed E-state index contributed by atoms with van der Waals surface area (Å²) >= 11 is 17.0. The van der Waals surface area contributed by atoms with E-state index in [0.717, 1.165) is 5.56 Å². The third kappa shape index (κ3) is 4.63. The molecule has 1 aromatic heterocycles. The number of carbonyl (C=O) groups is 1. The molecule has 1 aliphatic rings. The number of nitrogens with one attached hydrogen (secondary N) is 2. The van der Waals surface area contributed by atoms with Crippen molar-refractivity contribution in [2.24, 2.45) is 0 Å². The monoisotopic (exact) mass is 481 g/mol. The van der Waals surface area contributed by atoms with Crippen molar-refractivity contribution >= 4 is 52.1 Å². The molecule has 4 rings (SSSR count). The molecular formula is C21H15Cl3FN3O3. The second-order valence-corrected chi connectivity index (χ2v) is 8.35. The summed E-state index contributed by atoms with van der Waals surface area (Å²) in [6.45, 7) is 0.518. The van der Waals surface area contributed by atoms with Crippen molar-refractivity contribution in [2.45, 2.75) is 16.4 Å². The molecule has 3 aromatic rings. The van der Waals surface area contributed by atoms with E-state index in [1.54, 1.807) is 30.6 Å². The second-order valence-electron chi connectivity index (χ2n) is 6.61. The summed E-state index contributed by atoms with van der Waals surface area (Å²) < 4.78 is 22.1. The van der Waals surface area contributed by atoms with Gasteiger partial charge in [-0.3, -0.25) is 9.78 Å². The number of halogens is 4. The summed E-state index contributed by atoms with van der Waals surface area (Å²) in [5, 5.41) is 2.97. The molecule has 1 atom stereocenters. The van der Waals surface area contributed by atoms with Crippen molar-refractivity contribution in [3.63, 3.8) is 0 Å². The van der Waals surface area contributed by atoms with Gasteiger partial charge in [0.2, 0.25) is 0 Å². The third-order valence-corrected chi connectivity index (χ3v) is 5.60. The smallest absolute Gasteiger partial charge is 0.397 e. The summed E-state index contributed by atoms with van der Waals surface area (Å²) in [7, 11) is 0. The molecule has 2 heterocycles. The maximum absolute atomic E-state index is 14.3. The molecule has 31 heavy (non-hydrogen) atoms. The largest absolute Gasteiger partial charge is 0.447 e. The molecule has 2 aromatic carbocycles.